The number of aromatic nitrogens is 2. The van der Waals surface area contributed by atoms with Crippen LogP contribution in [0.4, 0.5) is 16.0 Å². The Morgan fingerprint density at radius 2 is 1.94 bits per heavy atom. The molecule has 0 aromatic carbocycles. The van der Waals surface area contributed by atoms with Crippen molar-refractivity contribution in [2.45, 2.75) is 63.6 Å². The van der Waals surface area contributed by atoms with Crippen LogP contribution in [0.25, 0.3) is 11.1 Å². The average molecular weight is 453 g/mol. The zero-order chi connectivity index (χ0) is 23.3. The molecule has 0 saturated heterocycles. The molecular weight excluding hydrogens is 419 g/mol. The lowest BCUT2D eigenvalue weighted by molar-refractivity contribution is 0.161. The second-order valence-corrected chi connectivity index (χ2v) is 9.44. The molecule has 1 atom stereocenters. The zero-order valence-electron chi connectivity index (χ0n) is 19.4. The summed E-state index contributed by atoms with van der Waals surface area (Å²) in [5, 5.41) is 19.6. The summed E-state index contributed by atoms with van der Waals surface area (Å²) in [6.45, 7) is 3.42. The fraction of sp³-hybridized carbons (Fsp3) is 0.560. The largest absolute Gasteiger partial charge is 0.383 e. The van der Waals surface area contributed by atoms with Gasteiger partial charge < -0.3 is 20.7 Å². The molecule has 0 spiro atoms. The van der Waals surface area contributed by atoms with Crippen LogP contribution in [0.3, 0.4) is 0 Å². The first-order valence-electron chi connectivity index (χ1n) is 11.8. The van der Waals surface area contributed by atoms with Crippen LogP contribution in [0.2, 0.25) is 0 Å². The van der Waals surface area contributed by atoms with E-state index in [0.29, 0.717) is 48.5 Å². The minimum Gasteiger partial charge on any atom is -0.383 e. The van der Waals surface area contributed by atoms with Crippen molar-refractivity contribution in [3.05, 3.63) is 36.4 Å². The van der Waals surface area contributed by atoms with Gasteiger partial charge in [0.05, 0.1) is 24.3 Å². The van der Waals surface area contributed by atoms with Crippen LogP contribution >= 0.6 is 0 Å². The third-order valence-corrected chi connectivity index (χ3v) is 6.64. The third-order valence-electron chi connectivity index (χ3n) is 6.64. The van der Waals surface area contributed by atoms with E-state index in [4.69, 9.17) is 4.74 Å². The molecule has 176 valence electrons. The van der Waals surface area contributed by atoms with Gasteiger partial charge in [-0.25, -0.2) is 14.4 Å². The quantitative estimate of drug-likeness (QED) is 0.493. The van der Waals surface area contributed by atoms with E-state index in [0.717, 1.165) is 44.1 Å². The Bertz CT molecular complexity index is 981. The molecule has 0 bridgehead atoms. The molecule has 2 heterocycles. The summed E-state index contributed by atoms with van der Waals surface area (Å²) in [4.78, 5) is 8.60. The standard InChI is InChI=1S/C25H33FN6O/c1-17(14-33-2)31-19-3-5-20(6-4-19)32-24-12-21(22(26)13-29-24)18-7-10-28-23(11-18)30-16-25(15-27)8-9-25/h7,10-13,17,19-20,31H,3-6,8-9,14,16H2,1-2H3,(H,28,30)(H,29,32)/t17-,19?,20?/m1/s1. The Morgan fingerprint density at radius 1 is 1.18 bits per heavy atom. The number of hydrogen-bond donors (Lipinski definition) is 3. The number of nitrogens with one attached hydrogen (secondary N) is 3. The van der Waals surface area contributed by atoms with E-state index in [1.54, 1.807) is 25.4 Å². The summed E-state index contributed by atoms with van der Waals surface area (Å²) in [5.74, 6) is 0.963. The summed E-state index contributed by atoms with van der Waals surface area (Å²) >= 11 is 0. The summed E-state index contributed by atoms with van der Waals surface area (Å²) in [6.07, 6.45) is 9.01. The van der Waals surface area contributed by atoms with Crippen molar-refractivity contribution in [2.24, 2.45) is 5.41 Å². The van der Waals surface area contributed by atoms with Gasteiger partial charge in [0.2, 0.25) is 0 Å². The maximum atomic E-state index is 14.6. The Hall–Kier alpha value is -2.76. The van der Waals surface area contributed by atoms with Gasteiger partial charge in [0.1, 0.15) is 17.5 Å². The molecule has 33 heavy (non-hydrogen) atoms. The van der Waals surface area contributed by atoms with E-state index in [1.807, 2.05) is 6.07 Å². The lowest BCUT2D eigenvalue weighted by Gasteiger charge is -2.31. The van der Waals surface area contributed by atoms with E-state index >= 15 is 0 Å². The van der Waals surface area contributed by atoms with Crippen LogP contribution in [0.15, 0.2) is 30.6 Å². The molecule has 0 radical (unpaired) electrons. The van der Waals surface area contributed by atoms with Crippen LogP contribution in [-0.4, -0.2) is 48.4 Å². The lowest BCUT2D eigenvalue weighted by atomic mass is 9.90. The number of ether oxygens (including phenoxy) is 1. The van der Waals surface area contributed by atoms with Gasteiger partial charge in [0.25, 0.3) is 0 Å². The molecule has 2 aromatic rings. The van der Waals surface area contributed by atoms with E-state index < -0.39 is 0 Å². The van der Waals surface area contributed by atoms with Crippen LogP contribution in [-0.2, 0) is 4.74 Å². The number of methoxy groups -OCH3 is 1. The van der Waals surface area contributed by atoms with Crippen molar-refractivity contribution in [1.82, 2.24) is 15.3 Å². The number of halogens is 1. The van der Waals surface area contributed by atoms with E-state index in [1.165, 1.54) is 6.20 Å². The fourth-order valence-corrected chi connectivity index (χ4v) is 4.49. The van der Waals surface area contributed by atoms with Crippen LogP contribution < -0.4 is 16.0 Å². The van der Waals surface area contributed by atoms with Crippen molar-refractivity contribution in [1.29, 1.82) is 5.26 Å². The number of hydrogen-bond acceptors (Lipinski definition) is 7. The summed E-state index contributed by atoms with van der Waals surface area (Å²) < 4.78 is 19.9. The normalized spacial score (nSPS) is 22.2. The number of pyridine rings is 2. The molecular formula is C25H33FN6O. The van der Waals surface area contributed by atoms with Gasteiger partial charge in [-0.05, 0) is 69.2 Å². The first kappa shape index (κ1) is 23.4. The first-order valence-corrected chi connectivity index (χ1v) is 11.8. The molecule has 2 aliphatic carbocycles. The second kappa shape index (κ2) is 10.4. The summed E-state index contributed by atoms with van der Waals surface area (Å²) in [7, 11) is 1.73. The zero-order valence-corrected chi connectivity index (χ0v) is 19.4. The van der Waals surface area contributed by atoms with Crippen LogP contribution in [0.1, 0.15) is 45.4 Å². The van der Waals surface area contributed by atoms with Crippen LogP contribution in [0, 0.1) is 22.6 Å². The van der Waals surface area contributed by atoms with Gasteiger partial charge in [0.15, 0.2) is 0 Å². The highest BCUT2D eigenvalue weighted by atomic mass is 19.1. The molecule has 0 unspecified atom stereocenters. The van der Waals surface area contributed by atoms with Crippen molar-refractivity contribution in [3.63, 3.8) is 0 Å². The molecule has 8 heteroatoms. The average Bonchev–Trinajstić information content (AvgIpc) is 3.61. The van der Waals surface area contributed by atoms with Crippen LogP contribution in [0.5, 0.6) is 0 Å². The molecule has 4 rings (SSSR count). The highest BCUT2D eigenvalue weighted by molar-refractivity contribution is 5.69. The third kappa shape index (κ3) is 6.18. The number of anilines is 2. The topological polar surface area (TPSA) is 94.9 Å². The first-order chi connectivity index (χ1) is 16.0. The van der Waals surface area contributed by atoms with Gasteiger partial charge in [0, 0.05) is 43.5 Å². The molecule has 2 aliphatic rings. The minimum absolute atomic E-state index is 0.271. The maximum absolute atomic E-state index is 14.6. The van der Waals surface area contributed by atoms with Gasteiger partial charge >= 0.3 is 0 Å². The molecule has 2 aromatic heterocycles. The number of nitriles is 1. The van der Waals surface area contributed by atoms with Gasteiger partial charge in [-0.1, -0.05) is 0 Å². The Kier molecular flexibility index (Phi) is 7.41. The summed E-state index contributed by atoms with van der Waals surface area (Å²) in [5.41, 5.74) is 0.952. The smallest absolute Gasteiger partial charge is 0.149 e. The molecule has 0 amide bonds. The molecule has 7 nitrogen and oxygen atoms in total. The van der Waals surface area contributed by atoms with Crippen molar-refractivity contribution in [2.75, 3.05) is 30.9 Å². The van der Waals surface area contributed by atoms with Gasteiger partial charge in [-0.2, -0.15) is 5.26 Å². The van der Waals surface area contributed by atoms with Gasteiger partial charge in [-0.15, -0.1) is 0 Å². The Morgan fingerprint density at radius 3 is 2.64 bits per heavy atom. The van der Waals surface area contributed by atoms with Crippen molar-refractivity contribution >= 4 is 11.6 Å². The number of nitrogens with zero attached hydrogens (tertiary/aromatic N) is 3. The highest BCUT2D eigenvalue weighted by Gasteiger charge is 2.42. The second-order valence-electron chi connectivity index (χ2n) is 9.44. The van der Waals surface area contributed by atoms with E-state index in [-0.39, 0.29) is 11.2 Å². The molecule has 0 aliphatic heterocycles. The maximum Gasteiger partial charge on any atom is 0.149 e. The van der Waals surface area contributed by atoms with E-state index in [9.17, 15) is 9.65 Å². The van der Waals surface area contributed by atoms with Crippen molar-refractivity contribution in [3.8, 4) is 17.2 Å². The van der Waals surface area contributed by atoms with Gasteiger partial charge in [-0.3, -0.25) is 0 Å². The van der Waals surface area contributed by atoms with Crippen molar-refractivity contribution < 1.29 is 9.13 Å². The predicted molar refractivity (Wildman–Crippen MR) is 127 cm³/mol. The van der Waals surface area contributed by atoms with E-state index in [2.05, 4.69) is 38.9 Å². The molecule has 3 N–H and O–H groups in total. The lowest BCUT2D eigenvalue weighted by Crippen LogP contribution is -2.42. The monoisotopic (exact) mass is 452 g/mol. The fourth-order valence-electron chi connectivity index (χ4n) is 4.49. The highest BCUT2D eigenvalue weighted by Crippen LogP contribution is 2.44. The molecule has 2 fully saturated rings. The Labute approximate surface area is 195 Å². The number of rotatable bonds is 10. The summed E-state index contributed by atoms with van der Waals surface area (Å²) in [6, 6.07) is 8.93. The predicted octanol–water partition coefficient (Wildman–Crippen LogP) is 4.35. The molecule has 2 saturated carbocycles. The Balaban J connectivity index is 1.37. The minimum atomic E-state index is -0.367. The SMILES string of the molecule is COC[C@@H](C)NC1CCC(Nc2cc(-c3ccnc(NCC4(C#N)CC4)c3)c(F)cn2)CC1.